The van der Waals surface area contributed by atoms with Gasteiger partial charge >= 0.3 is 0 Å². The molecule has 0 fully saturated rings. The Morgan fingerprint density at radius 2 is 1.92 bits per heavy atom. The molecule has 130 valence electrons. The van der Waals surface area contributed by atoms with Crippen molar-refractivity contribution in [2.24, 2.45) is 4.99 Å². The Bertz CT molecular complexity index is 1140. The van der Waals surface area contributed by atoms with Gasteiger partial charge in [-0.3, -0.25) is 5.10 Å². The first kappa shape index (κ1) is 15.9. The van der Waals surface area contributed by atoms with Crippen LogP contribution in [0.4, 0.5) is 5.95 Å². The van der Waals surface area contributed by atoms with Crippen LogP contribution < -0.4 is 10.1 Å². The number of ether oxygens (including phenoxy) is 1. The smallest absolute Gasteiger partial charge is 0.268 e. The standard InChI is InChI=1S/C19H16N4O3/c1-11-20-19(23-22-11)21-16-10-18(12-3-6-14(25-2)7-4-12)26-17-8-5-13(24)9-15(16)17/h3-10,24H,1-2H3,(H,20,22,23)/b21-16+. The summed E-state index contributed by atoms with van der Waals surface area (Å²) in [7, 11) is 1.62. The van der Waals surface area contributed by atoms with Crippen molar-refractivity contribution >= 4 is 16.9 Å². The molecule has 0 bridgehead atoms. The van der Waals surface area contributed by atoms with Gasteiger partial charge in [0.05, 0.1) is 12.5 Å². The molecule has 4 rings (SSSR count). The average molecular weight is 348 g/mol. The first-order chi connectivity index (χ1) is 12.6. The molecule has 0 aliphatic heterocycles. The highest BCUT2D eigenvalue weighted by Crippen LogP contribution is 2.26. The van der Waals surface area contributed by atoms with Gasteiger partial charge in [0.1, 0.15) is 28.7 Å². The maximum atomic E-state index is 9.83. The van der Waals surface area contributed by atoms with E-state index in [-0.39, 0.29) is 5.75 Å². The molecule has 0 radical (unpaired) electrons. The summed E-state index contributed by atoms with van der Waals surface area (Å²) in [6, 6.07) is 14.2. The number of benzene rings is 2. The number of rotatable bonds is 3. The Morgan fingerprint density at radius 3 is 2.62 bits per heavy atom. The number of aromatic hydroxyl groups is 1. The van der Waals surface area contributed by atoms with Gasteiger partial charge in [-0.25, -0.2) is 4.99 Å². The number of hydrogen-bond donors (Lipinski definition) is 2. The van der Waals surface area contributed by atoms with Crippen LogP contribution in [0.5, 0.6) is 11.5 Å². The van der Waals surface area contributed by atoms with Crippen molar-refractivity contribution in [3.8, 4) is 22.8 Å². The molecular weight excluding hydrogens is 332 g/mol. The number of aromatic nitrogens is 3. The van der Waals surface area contributed by atoms with Crippen LogP contribution >= 0.6 is 0 Å². The first-order valence-electron chi connectivity index (χ1n) is 7.97. The van der Waals surface area contributed by atoms with E-state index in [1.165, 1.54) is 0 Å². The number of nitrogens with one attached hydrogen (secondary N) is 1. The van der Waals surface area contributed by atoms with E-state index < -0.39 is 0 Å². The third kappa shape index (κ3) is 3.02. The van der Waals surface area contributed by atoms with Crippen LogP contribution in [-0.4, -0.2) is 27.4 Å². The van der Waals surface area contributed by atoms with Crippen molar-refractivity contribution < 1.29 is 14.3 Å². The zero-order chi connectivity index (χ0) is 18.1. The molecule has 0 atom stereocenters. The van der Waals surface area contributed by atoms with Crippen LogP contribution in [0.3, 0.4) is 0 Å². The summed E-state index contributed by atoms with van der Waals surface area (Å²) < 4.78 is 11.2. The van der Waals surface area contributed by atoms with Crippen LogP contribution in [-0.2, 0) is 0 Å². The summed E-state index contributed by atoms with van der Waals surface area (Å²) in [5, 5.41) is 17.9. The molecule has 0 amide bonds. The van der Waals surface area contributed by atoms with E-state index in [4.69, 9.17) is 9.15 Å². The first-order valence-corrected chi connectivity index (χ1v) is 7.97. The van der Waals surface area contributed by atoms with Crippen molar-refractivity contribution in [2.45, 2.75) is 6.92 Å². The van der Waals surface area contributed by atoms with Gasteiger partial charge in [0.25, 0.3) is 5.95 Å². The Balaban J connectivity index is 1.95. The van der Waals surface area contributed by atoms with Crippen LogP contribution in [0, 0.1) is 6.92 Å². The lowest BCUT2D eigenvalue weighted by Crippen LogP contribution is -2.03. The molecule has 0 unspecified atom stereocenters. The number of fused-ring (bicyclic) bond motifs is 1. The van der Waals surface area contributed by atoms with Gasteiger partial charge in [0.2, 0.25) is 0 Å². The second kappa shape index (κ2) is 6.36. The largest absolute Gasteiger partial charge is 0.508 e. The summed E-state index contributed by atoms with van der Waals surface area (Å²) >= 11 is 0. The predicted molar refractivity (Wildman–Crippen MR) is 96.2 cm³/mol. The number of methoxy groups -OCH3 is 1. The van der Waals surface area contributed by atoms with Gasteiger partial charge in [-0.2, -0.15) is 4.98 Å². The highest BCUT2D eigenvalue weighted by molar-refractivity contribution is 5.80. The van der Waals surface area contributed by atoms with Crippen molar-refractivity contribution in [1.29, 1.82) is 0 Å². The molecule has 0 aliphatic carbocycles. The Kier molecular flexibility index (Phi) is 3.89. The van der Waals surface area contributed by atoms with Crippen LogP contribution in [0.15, 0.2) is 57.9 Å². The highest BCUT2D eigenvalue weighted by Gasteiger charge is 2.08. The normalized spacial score (nSPS) is 11.8. The van der Waals surface area contributed by atoms with Crippen LogP contribution in [0.25, 0.3) is 22.3 Å². The molecule has 0 saturated carbocycles. The number of nitrogens with zero attached hydrogens (tertiary/aromatic N) is 3. The second-order valence-corrected chi connectivity index (χ2v) is 5.74. The number of aryl methyl sites for hydroxylation is 1. The topological polar surface area (TPSA) is 96.5 Å². The van der Waals surface area contributed by atoms with Gasteiger partial charge in [-0.15, -0.1) is 5.10 Å². The number of phenolic OH excluding ortho intramolecular Hbond substituents is 1. The molecule has 2 aromatic carbocycles. The molecule has 7 nitrogen and oxygen atoms in total. The van der Waals surface area contributed by atoms with Gasteiger partial charge in [-0.1, -0.05) is 0 Å². The molecule has 0 spiro atoms. The minimum absolute atomic E-state index is 0.132. The summed E-state index contributed by atoms with van der Waals surface area (Å²) in [5.41, 5.74) is 1.48. The molecule has 26 heavy (non-hydrogen) atoms. The third-order valence-electron chi connectivity index (χ3n) is 3.91. The van der Waals surface area contributed by atoms with E-state index in [1.807, 2.05) is 24.3 Å². The van der Waals surface area contributed by atoms with E-state index >= 15 is 0 Å². The molecule has 2 heterocycles. The lowest BCUT2D eigenvalue weighted by molar-refractivity contribution is 0.415. The summed E-state index contributed by atoms with van der Waals surface area (Å²) in [6.45, 7) is 1.80. The zero-order valence-electron chi connectivity index (χ0n) is 14.2. The highest BCUT2D eigenvalue weighted by atomic mass is 16.5. The molecular formula is C19H16N4O3. The maximum absolute atomic E-state index is 9.83. The summed E-state index contributed by atoms with van der Waals surface area (Å²) in [4.78, 5) is 8.72. The minimum Gasteiger partial charge on any atom is -0.508 e. The number of aromatic amines is 1. The Labute approximate surface area is 148 Å². The zero-order valence-corrected chi connectivity index (χ0v) is 14.2. The van der Waals surface area contributed by atoms with Crippen molar-refractivity contribution in [1.82, 2.24) is 15.2 Å². The summed E-state index contributed by atoms with van der Waals surface area (Å²) in [5.74, 6) is 2.52. The third-order valence-corrected chi connectivity index (χ3v) is 3.91. The van der Waals surface area contributed by atoms with Crippen molar-refractivity contribution in [3.05, 3.63) is 59.7 Å². The predicted octanol–water partition coefficient (Wildman–Crippen LogP) is 3.47. The second-order valence-electron chi connectivity index (χ2n) is 5.74. The summed E-state index contributed by atoms with van der Waals surface area (Å²) in [6.07, 6.45) is 0. The van der Waals surface area contributed by atoms with E-state index in [0.29, 0.717) is 33.9 Å². The van der Waals surface area contributed by atoms with Gasteiger partial charge in [0.15, 0.2) is 0 Å². The van der Waals surface area contributed by atoms with Crippen molar-refractivity contribution in [3.63, 3.8) is 0 Å². The van der Waals surface area contributed by atoms with Gasteiger partial charge in [0, 0.05) is 17.0 Å². The van der Waals surface area contributed by atoms with Crippen molar-refractivity contribution in [2.75, 3.05) is 7.11 Å². The molecule has 7 heteroatoms. The van der Waals surface area contributed by atoms with Gasteiger partial charge in [-0.05, 0) is 49.4 Å². The lowest BCUT2D eigenvalue weighted by atomic mass is 10.1. The fraction of sp³-hybridized carbons (Fsp3) is 0.105. The van der Waals surface area contributed by atoms with Crippen LogP contribution in [0.2, 0.25) is 0 Å². The Hall–Kier alpha value is -3.61. The molecule has 4 aromatic rings. The minimum atomic E-state index is 0.132. The molecule has 0 saturated heterocycles. The molecule has 2 N–H and O–H groups in total. The van der Waals surface area contributed by atoms with Gasteiger partial charge < -0.3 is 14.3 Å². The van der Waals surface area contributed by atoms with E-state index in [1.54, 1.807) is 38.3 Å². The lowest BCUT2D eigenvalue weighted by Gasteiger charge is -2.06. The monoisotopic (exact) mass is 348 g/mol. The molecule has 2 aromatic heterocycles. The molecule has 0 aliphatic rings. The number of hydrogen-bond acceptors (Lipinski definition) is 6. The number of H-pyrrole nitrogens is 1. The maximum Gasteiger partial charge on any atom is 0.268 e. The Morgan fingerprint density at radius 1 is 1.12 bits per heavy atom. The van der Waals surface area contributed by atoms with Crippen LogP contribution in [0.1, 0.15) is 5.82 Å². The van der Waals surface area contributed by atoms with E-state index in [9.17, 15) is 5.11 Å². The fourth-order valence-electron chi connectivity index (χ4n) is 2.64. The number of phenols is 1. The average Bonchev–Trinajstić information content (AvgIpc) is 3.07. The SMILES string of the molecule is COc1ccc(-c2c/c(=N\c3n[nH]c(C)n3)c3cc(O)ccc3o2)cc1. The van der Waals surface area contributed by atoms with E-state index in [0.717, 1.165) is 11.3 Å². The quantitative estimate of drug-likeness (QED) is 0.591. The fourth-order valence-corrected chi connectivity index (χ4v) is 2.64. The van der Waals surface area contributed by atoms with E-state index in [2.05, 4.69) is 20.2 Å².